The molecule has 0 aliphatic carbocycles. The summed E-state index contributed by atoms with van der Waals surface area (Å²) in [6.07, 6.45) is 3.81. The lowest BCUT2D eigenvalue weighted by atomic mass is 9.85. The van der Waals surface area contributed by atoms with E-state index < -0.39 is 0 Å². The molecule has 1 aromatic carbocycles. The highest BCUT2D eigenvalue weighted by Gasteiger charge is 2.18. The Kier molecular flexibility index (Phi) is 3.65. The molecule has 2 rings (SSSR count). The van der Waals surface area contributed by atoms with Gasteiger partial charge in [0.15, 0.2) is 0 Å². The Morgan fingerprint density at radius 3 is 2.75 bits per heavy atom. The Balaban J connectivity index is 2.33. The normalized spacial score (nSPS) is 21.1. The molecule has 16 heavy (non-hydrogen) atoms. The lowest BCUT2D eigenvalue weighted by Crippen LogP contribution is -2.28. The first-order chi connectivity index (χ1) is 7.72. The Labute approximate surface area is 99.3 Å². The topological polar surface area (TPSA) is 12.0 Å². The molecule has 1 unspecified atom stereocenters. The van der Waals surface area contributed by atoms with Crippen molar-refractivity contribution >= 4 is 0 Å². The third-order valence-corrected chi connectivity index (χ3v) is 3.91. The fourth-order valence-electron chi connectivity index (χ4n) is 2.71. The summed E-state index contributed by atoms with van der Waals surface area (Å²) in [6, 6.07) is 4.77. The van der Waals surface area contributed by atoms with Crippen LogP contribution in [0.1, 0.15) is 47.9 Å². The van der Waals surface area contributed by atoms with Crippen molar-refractivity contribution in [1.29, 1.82) is 0 Å². The van der Waals surface area contributed by atoms with Gasteiger partial charge < -0.3 is 5.32 Å². The monoisotopic (exact) mass is 217 g/mol. The largest absolute Gasteiger partial charge is 0.316 e. The molecule has 0 aromatic heterocycles. The van der Waals surface area contributed by atoms with Gasteiger partial charge in [0.2, 0.25) is 0 Å². The number of nitrogens with one attached hydrogen (secondary N) is 1. The van der Waals surface area contributed by atoms with Gasteiger partial charge in [0.05, 0.1) is 0 Å². The predicted octanol–water partition coefficient (Wildman–Crippen LogP) is 3.33. The highest BCUT2D eigenvalue weighted by molar-refractivity contribution is 5.40. The zero-order valence-corrected chi connectivity index (χ0v) is 10.8. The smallest absolute Gasteiger partial charge is 0.00202 e. The van der Waals surface area contributed by atoms with Crippen molar-refractivity contribution in [3.63, 3.8) is 0 Å². The van der Waals surface area contributed by atoms with Crippen LogP contribution >= 0.6 is 0 Å². The molecule has 1 heteroatoms. The molecule has 1 N–H and O–H groups in total. The van der Waals surface area contributed by atoms with Crippen molar-refractivity contribution in [2.45, 2.75) is 46.0 Å². The van der Waals surface area contributed by atoms with Gasteiger partial charge in [-0.2, -0.15) is 0 Å². The predicted molar refractivity (Wildman–Crippen MR) is 70.1 cm³/mol. The molecule has 1 atom stereocenters. The van der Waals surface area contributed by atoms with Gasteiger partial charge in [0.1, 0.15) is 0 Å². The van der Waals surface area contributed by atoms with E-state index in [1.165, 1.54) is 36.1 Å². The first-order valence-electron chi connectivity index (χ1n) is 6.53. The SMILES string of the molecule is CCc1cc(C)c(C)c(C2CCCNC2)c1. The molecule has 1 fully saturated rings. The highest BCUT2D eigenvalue weighted by Crippen LogP contribution is 2.29. The summed E-state index contributed by atoms with van der Waals surface area (Å²) in [4.78, 5) is 0. The van der Waals surface area contributed by atoms with Crippen LogP contribution in [0.4, 0.5) is 0 Å². The third kappa shape index (κ3) is 2.30. The van der Waals surface area contributed by atoms with Crippen molar-refractivity contribution in [2.75, 3.05) is 13.1 Å². The molecule has 1 nitrogen and oxygen atoms in total. The molecule has 0 amide bonds. The summed E-state index contributed by atoms with van der Waals surface area (Å²) in [5.41, 5.74) is 6.04. The van der Waals surface area contributed by atoms with E-state index in [-0.39, 0.29) is 0 Å². The second-order valence-corrected chi connectivity index (χ2v) is 5.02. The van der Waals surface area contributed by atoms with E-state index in [0.29, 0.717) is 0 Å². The summed E-state index contributed by atoms with van der Waals surface area (Å²) in [6.45, 7) is 9.12. The number of benzene rings is 1. The molecule has 0 bridgehead atoms. The highest BCUT2D eigenvalue weighted by atomic mass is 14.9. The van der Waals surface area contributed by atoms with Crippen LogP contribution in [0.15, 0.2) is 12.1 Å². The van der Waals surface area contributed by atoms with Crippen LogP contribution in [-0.4, -0.2) is 13.1 Å². The summed E-state index contributed by atoms with van der Waals surface area (Å²) >= 11 is 0. The molecule has 0 radical (unpaired) electrons. The van der Waals surface area contributed by atoms with E-state index >= 15 is 0 Å². The molecule has 0 saturated carbocycles. The van der Waals surface area contributed by atoms with Gasteiger partial charge in [-0.3, -0.25) is 0 Å². The van der Waals surface area contributed by atoms with Crippen LogP contribution < -0.4 is 5.32 Å². The number of aryl methyl sites for hydroxylation is 2. The molecule has 1 saturated heterocycles. The number of hydrogen-bond donors (Lipinski definition) is 1. The molecule has 88 valence electrons. The van der Waals surface area contributed by atoms with Gasteiger partial charge in [-0.1, -0.05) is 19.1 Å². The zero-order chi connectivity index (χ0) is 11.5. The maximum absolute atomic E-state index is 3.52. The maximum Gasteiger partial charge on any atom is 0.00202 e. The lowest BCUT2D eigenvalue weighted by Gasteiger charge is -2.26. The zero-order valence-electron chi connectivity index (χ0n) is 10.8. The molecule has 1 aliphatic heterocycles. The van der Waals surface area contributed by atoms with Crippen molar-refractivity contribution in [3.8, 4) is 0 Å². The van der Waals surface area contributed by atoms with E-state index in [4.69, 9.17) is 0 Å². The summed E-state index contributed by atoms with van der Waals surface area (Å²) in [5.74, 6) is 0.735. The minimum absolute atomic E-state index is 0.735. The molecule has 1 aromatic rings. The van der Waals surface area contributed by atoms with Gasteiger partial charge in [0.25, 0.3) is 0 Å². The third-order valence-electron chi connectivity index (χ3n) is 3.91. The number of hydrogen-bond acceptors (Lipinski definition) is 1. The fraction of sp³-hybridized carbons (Fsp3) is 0.600. The second kappa shape index (κ2) is 5.01. The van der Waals surface area contributed by atoms with Gasteiger partial charge >= 0.3 is 0 Å². The fourth-order valence-corrected chi connectivity index (χ4v) is 2.71. The quantitative estimate of drug-likeness (QED) is 0.801. The van der Waals surface area contributed by atoms with Gasteiger partial charge in [0, 0.05) is 6.54 Å². The average molecular weight is 217 g/mol. The number of piperidine rings is 1. The maximum atomic E-state index is 3.52. The Bertz CT molecular complexity index is 362. The summed E-state index contributed by atoms with van der Waals surface area (Å²) in [5, 5.41) is 3.52. The summed E-state index contributed by atoms with van der Waals surface area (Å²) in [7, 11) is 0. The van der Waals surface area contributed by atoms with Gasteiger partial charge in [-0.15, -0.1) is 0 Å². The first-order valence-corrected chi connectivity index (χ1v) is 6.53. The molecular weight excluding hydrogens is 194 g/mol. The minimum Gasteiger partial charge on any atom is -0.316 e. The molecule has 1 heterocycles. The Morgan fingerprint density at radius 2 is 2.12 bits per heavy atom. The Morgan fingerprint density at radius 1 is 1.31 bits per heavy atom. The molecule has 0 spiro atoms. The van der Waals surface area contributed by atoms with Crippen LogP contribution in [0.5, 0.6) is 0 Å². The Hall–Kier alpha value is -0.820. The van der Waals surface area contributed by atoms with E-state index in [0.717, 1.165) is 18.9 Å². The van der Waals surface area contributed by atoms with E-state index in [2.05, 4.69) is 38.2 Å². The first kappa shape index (κ1) is 11.7. The standard InChI is InChI=1S/C15H23N/c1-4-13-8-11(2)12(3)15(9-13)14-6-5-7-16-10-14/h8-9,14,16H,4-7,10H2,1-3H3. The van der Waals surface area contributed by atoms with Crippen LogP contribution in [-0.2, 0) is 6.42 Å². The van der Waals surface area contributed by atoms with Crippen LogP contribution in [0.2, 0.25) is 0 Å². The van der Waals surface area contributed by atoms with Crippen LogP contribution in [0.25, 0.3) is 0 Å². The average Bonchev–Trinajstić information content (AvgIpc) is 2.33. The molecule has 1 aliphatic rings. The number of rotatable bonds is 2. The summed E-state index contributed by atoms with van der Waals surface area (Å²) < 4.78 is 0. The van der Waals surface area contributed by atoms with Crippen molar-refractivity contribution in [3.05, 3.63) is 34.4 Å². The second-order valence-electron chi connectivity index (χ2n) is 5.02. The lowest BCUT2D eigenvalue weighted by molar-refractivity contribution is 0.460. The van der Waals surface area contributed by atoms with Crippen molar-refractivity contribution in [2.24, 2.45) is 0 Å². The van der Waals surface area contributed by atoms with Gasteiger partial charge in [-0.25, -0.2) is 0 Å². The van der Waals surface area contributed by atoms with Crippen molar-refractivity contribution in [1.82, 2.24) is 5.32 Å². The van der Waals surface area contributed by atoms with E-state index in [1.54, 1.807) is 5.56 Å². The van der Waals surface area contributed by atoms with Crippen LogP contribution in [0, 0.1) is 13.8 Å². The minimum atomic E-state index is 0.735. The van der Waals surface area contributed by atoms with E-state index in [9.17, 15) is 0 Å². The van der Waals surface area contributed by atoms with Gasteiger partial charge in [-0.05, 0) is 67.8 Å². The van der Waals surface area contributed by atoms with Crippen molar-refractivity contribution < 1.29 is 0 Å². The van der Waals surface area contributed by atoms with Crippen LogP contribution in [0.3, 0.4) is 0 Å². The molecular formula is C15H23N. The van der Waals surface area contributed by atoms with E-state index in [1.807, 2.05) is 0 Å².